The lowest BCUT2D eigenvalue weighted by Gasteiger charge is -2.21. The SMILES string of the molecule is O=C(Nc1ccc(NCc2ccccc2)c(Cl)c1)C1CCOCC1. The number of ether oxygens (including phenoxy) is 1. The van der Waals surface area contributed by atoms with Gasteiger partial charge in [0.1, 0.15) is 0 Å². The van der Waals surface area contributed by atoms with Gasteiger partial charge < -0.3 is 15.4 Å². The summed E-state index contributed by atoms with van der Waals surface area (Å²) in [6, 6.07) is 15.7. The van der Waals surface area contributed by atoms with Gasteiger partial charge in [0.25, 0.3) is 0 Å². The Kier molecular flexibility index (Phi) is 5.72. The standard InChI is InChI=1S/C19H21ClN2O2/c20-17-12-16(22-19(23)15-8-10-24-11-9-15)6-7-18(17)21-13-14-4-2-1-3-5-14/h1-7,12,15,21H,8-11,13H2,(H,22,23). The van der Waals surface area contributed by atoms with Gasteiger partial charge in [0.15, 0.2) is 0 Å². The van der Waals surface area contributed by atoms with Crippen LogP contribution in [0.2, 0.25) is 5.02 Å². The number of halogens is 1. The van der Waals surface area contributed by atoms with E-state index in [2.05, 4.69) is 22.8 Å². The number of benzene rings is 2. The molecule has 4 nitrogen and oxygen atoms in total. The van der Waals surface area contributed by atoms with Gasteiger partial charge >= 0.3 is 0 Å². The first-order valence-electron chi connectivity index (χ1n) is 8.18. The van der Waals surface area contributed by atoms with Gasteiger partial charge in [-0.3, -0.25) is 4.79 Å². The average Bonchev–Trinajstić information content (AvgIpc) is 2.62. The van der Waals surface area contributed by atoms with Crippen LogP contribution in [-0.4, -0.2) is 19.1 Å². The van der Waals surface area contributed by atoms with Crippen LogP contribution in [0.25, 0.3) is 0 Å². The van der Waals surface area contributed by atoms with Crippen molar-refractivity contribution in [1.82, 2.24) is 0 Å². The fraction of sp³-hybridized carbons (Fsp3) is 0.316. The van der Waals surface area contributed by atoms with E-state index in [0.29, 0.717) is 24.8 Å². The summed E-state index contributed by atoms with van der Waals surface area (Å²) in [4.78, 5) is 12.2. The summed E-state index contributed by atoms with van der Waals surface area (Å²) in [6.07, 6.45) is 1.55. The fourth-order valence-electron chi connectivity index (χ4n) is 2.73. The molecule has 1 aliphatic heterocycles. The van der Waals surface area contributed by atoms with E-state index in [9.17, 15) is 4.79 Å². The predicted octanol–water partition coefficient (Wildman–Crippen LogP) is 4.32. The molecule has 0 spiro atoms. The van der Waals surface area contributed by atoms with Crippen LogP contribution >= 0.6 is 11.6 Å². The largest absolute Gasteiger partial charge is 0.381 e. The molecule has 1 fully saturated rings. The Balaban J connectivity index is 1.58. The first-order chi connectivity index (χ1) is 11.7. The molecule has 0 atom stereocenters. The molecule has 0 bridgehead atoms. The summed E-state index contributed by atoms with van der Waals surface area (Å²) >= 11 is 6.33. The molecule has 2 aromatic carbocycles. The van der Waals surface area contributed by atoms with E-state index < -0.39 is 0 Å². The molecule has 24 heavy (non-hydrogen) atoms. The van der Waals surface area contributed by atoms with Gasteiger partial charge in [-0.15, -0.1) is 0 Å². The normalized spacial score (nSPS) is 15.0. The molecule has 1 saturated heterocycles. The van der Waals surface area contributed by atoms with Crippen molar-refractivity contribution >= 4 is 28.9 Å². The van der Waals surface area contributed by atoms with E-state index in [0.717, 1.165) is 24.2 Å². The van der Waals surface area contributed by atoms with Gasteiger partial charge in [-0.2, -0.15) is 0 Å². The van der Waals surface area contributed by atoms with Crippen LogP contribution < -0.4 is 10.6 Å². The second-order valence-electron chi connectivity index (χ2n) is 5.91. The maximum absolute atomic E-state index is 12.2. The summed E-state index contributed by atoms with van der Waals surface area (Å²) in [5, 5.41) is 6.85. The van der Waals surface area contributed by atoms with Crippen LogP contribution in [0.5, 0.6) is 0 Å². The fourth-order valence-corrected chi connectivity index (χ4v) is 2.98. The Morgan fingerprint density at radius 2 is 1.88 bits per heavy atom. The zero-order valence-electron chi connectivity index (χ0n) is 13.4. The molecule has 1 amide bonds. The number of nitrogens with one attached hydrogen (secondary N) is 2. The minimum atomic E-state index is 0.0217. The molecule has 0 aliphatic carbocycles. The van der Waals surface area contributed by atoms with Crippen molar-refractivity contribution in [3.8, 4) is 0 Å². The summed E-state index contributed by atoms with van der Waals surface area (Å²) < 4.78 is 5.29. The van der Waals surface area contributed by atoms with Gasteiger partial charge in [-0.1, -0.05) is 41.9 Å². The third-order valence-electron chi connectivity index (χ3n) is 4.15. The zero-order chi connectivity index (χ0) is 16.8. The van der Waals surface area contributed by atoms with Crippen molar-refractivity contribution in [1.29, 1.82) is 0 Å². The molecule has 0 aromatic heterocycles. The third kappa shape index (κ3) is 4.49. The Morgan fingerprint density at radius 1 is 1.12 bits per heavy atom. The van der Waals surface area contributed by atoms with Crippen molar-refractivity contribution < 1.29 is 9.53 Å². The van der Waals surface area contributed by atoms with Gasteiger partial charge in [-0.05, 0) is 36.6 Å². The molecule has 2 N–H and O–H groups in total. The number of carbonyl (C=O) groups excluding carboxylic acids is 1. The summed E-state index contributed by atoms with van der Waals surface area (Å²) in [5.74, 6) is 0.0627. The van der Waals surface area contributed by atoms with E-state index in [1.807, 2.05) is 30.3 Å². The summed E-state index contributed by atoms with van der Waals surface area (Å²) in [6.45, 7) is 2.01. The number of rotatable bonds is 5. The average molecular weight is 345 g/mol. The lowest BCUT2D eigenvalue weighted by molar-refractivity contribution is -0.122. The van der Waals surface area contributed by atoms with Gasteiger partial charge in [0.05, 0.1) is 10.7 Å². The Morgan fingerprint density at radius 3 is 2.58 bits per heavy atom. The first-order valence-corrected chi connectivity index (χ1v) is 8.56. The topological polar surface area (TPSA) is 50.4 Å². The molecule has 0 unspecified atom stereocenters. The van der Waals surface area contributed by atoms with Crippen LogP contribution in [-0.2, 0) is 16.1 Å². The summed E-state index contributed by atoms with van der Waals surface area (Å²) in [7, 11) is 0. The quantitative estimate of drug-likeness (QED) is 0.849. The van der Waals surface area contributed by atoms with Crippen LogP contribution in [0.3, 0.4) is 0 Å². The second-order valence-corrected chi connectivity index (χ2v) is 6.32. The highest BCUT2D eigenvalue weighted by Crippen LogP contribution is 2.27. The van der Waals surface area contributed by atoms with Crippen molar-refractivity contribution in [2.75, 3.05) is 23.8 Å². The third-order valence-corrected chi connectivity index (χ3v) is 4.47. The van der Waals surface area contributed by atoms with E-state index >= 15 is 0 Å². The van der Waals surface area contributed by atoms with Crippen LogP contribution in [0.1, 0.15) is 18.4 Å². The molecule has 0 radical (unpaired) electrons. The van der Waals surface area contributed by atoms with Crippen molar-refractivity contribution in [2.24, 2.45) is 5.92 Å². The highest BCUT2D eigenvalue weighted by molar-refractivity contribution is 6.33. The van der Waals surface area contributed by atoms with E-state index in [1.165, 1.54) is 5.56 Å². The minimum Gasteiger partial charge on any atom is -0.381 e. The maximum Gasteiger partial charge on any atom is 0.227 e. The highest BCUT2D eigenvalue weighted by atomic mass is 35.5. The number of carbonyl (C=O) groups is 1. The van der Waals surface area contributed by atoms with E-state index in [-0.39, 0.29) is 11.8 Å². The number of anilines is 2. The molecule has 5 heteroatoms. The highest BCUT2D eigenvalue weighted by Gasteiger charge is 2.21. The Hall–Kier alpha value is -2.04. The smallest absolute Gasteiger partial charge is 0.227 e. The Labute approximate surface area is 147 Å². The van der Waals surface area contributed by atoms with Crippen molar-refractivity contribution in [3.05, 3.63) is 59.1 Å². The molecular formula is C19H21ClN2O2. The lowest BCUT2D eigenvalue weighted by atomic mass is 9.99. The van der Waals surface area contributed by atoms with Crippen molar-refractivity contribution in [2.45, 2.75) is 19.4 Å². The molecule has 1 aliphatic rings. The summed E-state index contributed by atoms with van der Waals surface area (Å²) in [5.41, 5.74) is 2.76. The van der Waals surface area contributed by atoms with E-state index in [1.54, 1.807) is 6.07 Å². The van der Waals surface area contributed by atoms with Gasteiger partial charge in [0, 0.05) is 31.4 Å². The first kappa shape index (κ1) is 16.8. The number of amides is 1. The van der Waals surface area contributed by atoms with Crippen LogP contribution in [0.15, 0.2) is 48.5 Å². The minimum absolute atomic E-state index is 0.0217. The predicted molar refractivity (Wildman–Crippen MR) is 97.4 cm³/mol. The molecule has 0 saturated carbocycles. The molecular weight excluding hydrogens is 324 g/mol. The van der Waals surface area contributed by atoms with Crippen LogP contribution in [0, 0.1) is 5.92 Å². The molecule has 1 heterocycles. The second kappa shape index (κ2) is 8.18. The van der Waals surface area contributed by atoms with Gasteiger partial charge in [0.2, 0.25) is 5.91 Å². The lowest BCUT2D eigenvalue weighted by Crippen LogP contribution is -2.28. The monoisotopic (exact) mass is 344 g/mol. The van der Waals surface area contributed by atoms with Crippen LogP contribution in [0.4, 0.5) is 11.4 Å². The van der Waals surface area contributed by atoms with E-state index in [4.69, 9.17) is 16.3 Å². The maximum atomic E-state index is 12.2. The molecule has 126 valence electrons. The van der Waals surface area contributed by atoms with Gasteiger partial charge in [-0.25, -0.2) is 0 Å². The molecule has 2 aromatic rings. The number of hydrogen-bond acceptors (Lipinski definition) is 3. The van der Waals surface area contributed by atoms with Crippen molar-refractivity contribution in [3.63, 3.8) is 0 Å². The number of hydrogen-bond donors (Lipinski definition) is 2. The Bertz CT molecular complexity index is 685. The molecule has 3 rings (SSSR count). The zero-order valence-corrected chi connectivity index (χ0v) is 14.2.